The fourth-order valence-corrected chi connectivity index (χ4v) is 5.60. The molecule has 3 fully saturated rings. The van der Waals surface area contributed by atoms with Crippen LogP contribution in [0.25, 0.3) is 0 Å². The second-order valence-electron chi connectivity index (χ2n) is 13.2. The van der Waals surface area contributed by atoms with Crippen molar-refractivity contribution in [3.8, 4) is 11.8 Å². The van der Waals surface area contributed by atoms with Gasteiger partial charge in [-0.25, -0.2) is 0 Å². The van der Waals surface area contributed by atoms with E-state index in [1.807, 2.05) is 70.1 Å². The lowest BCUT2D eigenvalue weighted by atomic mass is 9.95. The highest BCUT2D eigenvalue weighted by Gasteiger charge is 2.28. The summed E-state index contributed by atoms with van der Waals surface area (Å²) in [5.41, 5.74) is 0. The number of carbonyl (C=O) groups excluding carboxylic acids is 3. The van der Waals surface area contributed by atoms with Crippen molar-refractivity contribution in [1.29, 1.82) is 0 Å². The van der Waals surface area contributed by atoms with Crippen LogP contribution in [0.2, 0.25) is 0 Å². The largest absolute Gasteiger partial charge is 0.365 e. The maximum Gasteiger partial charge on any atom is 0.225 e. The van der Waals surface area contributed by atoms with Gasteiger partial charge in [0.15, 0.2) is 0 Å². The second-order valence-corrected chi connectivity index (χ2v) is 13.2. The van der Waals surface area contributed by atoms with Crippen molar-refractivity contribution in [3.05, 3.63) is 0 Å². The van der Waals surface area contributed by atoms with E-state index in [-0.39, 0.29) is 35.7 Å². The normalized spacial score (nSPS) is 18.6. The molecule has 0 aliphatic carbocycles. The van der Waals surface area contributed by atoms with Gasteiger partial charge in [-0.15, -0.1) is 0 Å². The van der Waals surface area contributed by atoms with Crippen molar-refractivity contribution in [1.82, 2.24) is 19.6 Å². The Morgan fingerprint density at radius 3 is 1.42 bits per heavy atom. The van der Waals surface area contributed by atoms with Gasteiger partial charge >= 0.3 is 0 Å². The van der Waals surface area contributed by atoms with Crippen molar-refractivity contribution in [2.45, 2.75) is 101 Å². The molecule has 0 aromatic rings. The van der Waals surface area contributed by atoms with Crippen LogP contribution in [0.15, 0.2) is 0 Å². The average Bonchev–Trinajstić information content (AvgIpc) is 3.00. The molecule has 3 aliphatic rings. The van der Waals surface area contributed by atoms with Gasteiger partial charge in [0.1, 0.15) is 6.61 Å². The van der Waals surface area contributed by atoms with Crippen molar-refractivity contribution in [2.75, 3.05) is 65.5 Å². The number of likely N-dealkylation sites (tertiary alicyclic amines) is 2. The lowest BCUT2D eigenvalue weighted by Gasteiger charge is -2.39. The van der Waals surface area contributed by atoms with Crippen LogP contribution in [0.4, 0.5) is 0 Å². The summed E-state index contributed by atoms with van der Waals surface area (Å²) in [5, 5.41) is 0. The van der Waals surface area contributed by atoms with E-state index in [0.717, 1.165) is 84.6 Å². The Morgan fingerprint density at radius 1 is 0.628 bits per heavy atom. The minimum atomic E-state index is 0.0966. The molecule has 0 aromatic carbocycles. The third-order valence-electron chi connectivity index (χ3n) is 8.14. The SMILES string of the molecule is CC.CC(C)C#CCOC1CCN(C(=O)C(C)C)CC1.CC(C)C(=O)N1CCC(CN2CCN(C(=O)C(C)C)CC2)CC1. The lowest BCUT2D eigenvalue weighted by Crippen LogP contribution is -2.51. The van der Waals surface area contributed by atoms with Gasteiger partial charge in [-0.3, -0.25) is 19.3 Å². The Morgan fingerprint density at radius 2 is 1.02 bits per heavy atom. The van der Waals surface area contributed by atoms with Gasteiger partial charge in [-0.05, 0) is 31.6 Å². The van der Waals surface area contributed by atoms with Crippen molar-refractivity contribution in [2.24, 2.45) is 29.6 Å². The van der Waals surface area contributed by atoms with Gasteiger partial charge in [0, 0.05) is 82.6 Å². The van der Waals surface area contributed by atoms with Crippen LogP contribution in [-0.4, -0.2) is 109 Å². The standard InChI is InChI=1S/C18H33N3O2.C15H25NO2.C2H6/c1-14(2)17(22)20-7-5-16(6-8-20)13-19-9-11-21(12-10-19)18(23)15(3)4;1-12(2)6-5-11-18-14-7-9-16(10-8-14)15(17)13(3)4;1-2/h14-16H,5-13H2,1-4H3;12-14H,7-11H2,1-4H3;1-2H3. The van der Waals surface area contributed by atoms with Gasteiger partial charge in [-0.2, -0.15) is 0 Å². The highest BCUT2D eigenvalue weighted by atomic mass is 16.5. The molecule has 0 aromatic heterocycles. The Hall–Kier alpha value is -2.11. The minimum Gasteiger partial charge on any atom is -0.365 e. The predicted octanol–water partition coefficient (Wildman–Crippen LogP) is 5.02. The Labute approximate surface area is 264 Å². The summed E-state index contributed by atoms with van der Waals surface area (Å²) < 4.78 is 5.71. The molecule has 43 heavy (non-hydrogen) atoms. The van der Waals surface area contributed by atoms with Crippen molar-refractivity contribution < 1.29 is 19.1 Å². The minimum absolute atomic E-state index is 0.0966. The van der Waals surface area contributed by atoms with Crippen LogP contribution in [-0.2, 0) is 19.1 Å². The molecule has 0 N–H and O–H groups in total. The maximum absolute atomic E-state index is 12.0. The van der Waals surface area contributed by atoms with E-state index in [4.69, 9.17) is 4.74 Å². The quantitative estimate of drug-likeness (QED) is 0.382. The fourth-order valence-electron chi connectivity index (χ4n) is 5.60. The Kier molecular flexibility index (Phi) is 18.8. The van der Waals surface area contributed by atoms with E-state index in [2.05, 4.69) is 30.6 Å². The zero-order valence-electron chi connectivity index (χ0n) is 29.3. The summed E-state index contributed by atoms with van der Waals surface area (Å²) in [4.78, 5) is 44.3. The first-order valence-electron chi connectivity index (χ1n) is 17.1. The van der Waals surface area contributed by atoms with Crippen LogP contribution in [0.5, 0.6) is 0 Å². The van der Waals surface area contributed by atoms with E-state index < -0.39 is 0 Å². The second kappa shape index (κ2) is 20.8. The topological polar surface area (TPSA) is 73.4 Å². The predicted molar refractivity (Wildman–Crippen MR) is 176 cm³/mol. The van der Waals surface area contributed by atoms with Gasteiger partial charge < -0.3 is 19.4 Å². The Balaban J connectivity index is 0.000000418. The number of nitrogens with zero attached hydrogens (tertiary/aromatic N) is 4. The molecule has 0 unspecified atom stereocenters. The first-order chi connectivity index (χ1) is 20.4. The van der Waals surface area contributed by atoms with E-state index >= 15 is 0 Å². The van der Waals surface area contributed by atoms with Gasteiger partial charge in [-0.1, -0.05) is 81.1 Å². The first-order valence-corrected chi connectivity index (χ1v) is 17.1. The zero-order valence-corrected chi connectivity index (χ0v) is 29.3. The third-order valence-corrected chi connectivity index (χ3v) is 8.14. The van der Waals surface area contributed by atoms with E-state index in [0.29, 0.717) is 24.3 Å². The number of hydrogen-bond acceptors (Lipinski definition) is 5. The highest BCUT2D eigenvalue weighted by Crippen LogP contribution is 2.21. The summed E-state index contributed by atoms with van der Waals surface area (Å²) in [6.07, 6.45) is 4.36. The molecule has 0 atom stereocenters. The molecule has 0 saturated carbocycles. The van der Waals surface area contributed by atoms with Crippen LogP contribution >= 0.6 is 0 Å². The Bertz CT molecular complexity index is 830. The molecule has 3 heterocycles. The molecule has 3 rings (SSSR count). The number of ether oxygens (including phenoxy) is 1. The van der Waals surface area contributed by atoms with Crippen molar-refractivity contribution in [3.63, 3.8) is 0 Å². The summed E-state index contributed by atoms with van der Waals surface area (Å²) in [5.74, 6) is 8.36. The summed E-state index contributed by atoms with van der Waals surface area (Å²) >= 11 is 0. The van der Waals surface area contributed by atoms with Gasteiger partial charge in [0.05, 0.1) is 6.10 Å². The van der Waals surface area contributed by atoms with Crippen LogP contribution in [0, 0.1) is 41.4 Å². The van der Waals surface area contributed by atoms with Crippen LogP contribution in [0.3, 0.4) is 0 Å². The lowest BCUT2D eigenvalue weighted by molar-refractivity contribution is -0.137. The number of piperazine rings is 1. The van der Waals surface area contributed by atoms with Crippen LogP contribution < -0.4 is 0 Å². The molecule has 3 amide bonds. The van der Waals surface area contributed by atoms with E-state index in [9.17, 15) is 14.4 Å². The zero-order chi connectivity index (χ0) is 32.5. The number of hydrogen-bond donors (Lipinski definition) is 0. The smallest absolute Gasteiger partial charge is 0.225 e. The average molecular weight is 605 g/mol. The molecule has 0 spiro atoms. The van der Waals surface area contributed by atoms with E-state index in [1.54, 1.807) is 0 Å². The highest BCUT2D eigenvalue weighted by molar-refractivity contribution is 5.79. The van der Waals surface area contributed by atoms with Crippen molar-refractivity contribution >= 4 is 17.7 Å². The molecule has 248 valence electrons. The first kappa shape index (κ1) is 38.9. The molecular formula is C35H64N4O4. The fraction of sp³-hybridized carbons (Fsp3) is 0.857. The molecule has 8 nitrogen and oxygen atoms in total. The molecule has 0 radical (unpaired) electrons. The summed E-state index contributed by atoms with van der Waals surface area (Å²) in [6.45, 7) is 28.7. The van der Waals surface area contributed by atoms with E-state index in [1.165, 1.54) is 0 Å². The monoisotopic (exact) mass is 604 g/mol. The third kappa shape index (κ3) is 14.5. The molecule has 8 heteroatoms. The molecule has 3 saturated heterocycles. The van der Waals surface area contributed by atoms with Gasteiger partial charge in [0.2, 0.25) is 17.7 Å². The molecule has 3 aliphatic heterocycles. The number of carbonyl (C=O) groups is 3. The van der Waals surface area contributed by atoms with Crippen LogP contribution in [0.1, 0.15) is 94.9 Å². The summed E-state index contributed by atoms with van der Waals surface area (Å²) in [6, 6.07) is 0. The number of rotatable bonds is 7. The number of piperidine rings is 2. The molecule has 0 bridgehead atoms. The number of amides is 3. The van der Waals surface area contributed by atoms with Gasteiger partial charge in [0.25, 0.3) is 0 Å². The molecular weight excluding hydrogens is 540 g/mol. The maximum atomic E-state index is 12.0. The summed E-state index contributed by atoms with van der Waals surface area (Å²) in [7, 11) is 0.